The van der Waals surface area contributed by atoms with Crippen LogP contribution in [0.5, 0.6) is 5.75 Å². The molecular weight excluding hydrogens is 322 g/mol. The number of nitro benzene ring substituents is 1. The molecule has 7 heteroatoms. The number of benzene rings is 2. The van der Waals surface area contributed by atoms with Gasteiger partial charge < -0.3 is 9.47 Å². The van der Waals surface area contributed by atoms with Gasteiger partial charge in [0.25, 0.3) is 5.69 Å². The van der Waals surface area contributed by atoms with E-state index < -0.39 is 10.9 Å². The highest BCUT2D eigenvalue weighted by Crippen LogP contribution is 2.26. The molecule has 0 aliphatic heterocycles. The molecule has 0 N–H and O–H groups in total. The van der Waals surface area contributed by atoms with Crippen LogP contribution in [0.3, 0.4) is 0 Å². The fourth-order valence-corrected chi connectivity index (χ4v) is 1.94. The van der Waals surface area contributed by atoms with Crippen LogP contribution in [0, 0.1) is 10.1 Å². The van der Waals surface area contributed by atoms with E-state index in [-0.39, 0.29) is 16.5 Å². The number of halogens is 1. The van der Waals surface area contributed by atoms with Gasteiger partial charge in [0, 0.05) is 6.07 Å². The molecule has 0 saturated carbocycles. The number of carbonyl (C=O) groups is 1. The van der Waals surface area contributed by atoms with Gasteiger partial charge in [-0.05, 0) is 29.8 Å². The first-order valence-electron chi connectivity index (χ1n) is 6.48. The molecule has 0 radical (unpaired) electrons. The Bertz CT molecular complexity index is 758. The maximum absolute atomic E-state index is 11.8. The van der Waals surface area contributed by atoms with Crippen LogP contribution < -0.4 is 4.74 Å². The second-order valence-electron chi connectivity index (χ2n) is 4.38. The predicted molar refractivity (Wildman–Crippen MR) is 85.2 cm³/mol. The minimum absolute atomic E-state index is 0.00995. The minimum atomic E-state index is -0.702. The maximum Gasteiger partial charge on any atom is 0.373 e. The second-order valence-corrected chi connectivity index (χ2v) is 4.79. The van der Waals surface area contributed by atoms with Crippen LogP contribution in [0.4, 0.5) is 5.69 Å². The zero-order chi connectivity index (χ0) is 16.8. The highest BCUT2D eigenvalue weighted by molar-refractivity contribution is 6.32. The maximum atomic E-state index is 11.8. The Kier molecular flexibility index (Phi) is 5.32. The number of methoxy groups -OCH3 is 1. The monoisotopic (exact) mass is 333 g/mol. The summed E-state index contributed by atoms with van der Waals surface area (Å²) in [5.74, 6) is -0.366. The van der Waals surface area contributed by atoms with E-state index in [0.29, 0.717) is 11.3 Å². The van der Waals surface area contributed by atoms with Crippen molar-refractivity contribution in [2.24, 2.45) is 0 Å². The first kappa shape index (κ1) is 16.5. The lowest BCUT2D eigenvalue weighted by molar-refractivity contribution is -0.384. The Morgan fingerprint density at radius 1 is 1.22 bits per heavy atom. The predicted octanol–water partition coefficient (Wildman–Crippen LogP) is 3.84. The van der Waals surface area contributed by atoms with E-state index in [1.54, 1.807) is 30.3 Å². The summed E-state index contributed by atoms with van der Waals surface area (Å²) < 4.78 is 10.2. The van der Waals surface area contributed by atoms with Crippen LogP contribution in [-0.4, -0.2) is 18.0 Å². The van der Waals surface area contributed by atoms with Crippen LogP contribution in [0.2, 0.25) is 5.02 Å². The van der Waals surface area contributed by atoms with Gasteiger partial charge >= 0.3 is 5.97 Å². The SMILES string of the molecule is COC(=O)/C(=C\c1ccc(Cl)c([N+](=O)[O-])c1)Oc1ccccc1. The first-order valence-corrected chi connectivity index (χ1v) is 6.86. The molecule has 0 heterocycles. The second kappa shape index (κ2) is 7.42. The van der Waals surface area contributed by atoms with Crippen molar-refractivity contribution in [3.63, 3.8) is 0 Å². The average Bonchev–Trinajstić information content (AvgIpc) is 2.55. The smallest absolute Gasteiger partial charge is 0.373 e. The van der Waals surface area contributed by atoms with Crippen molar-refractivity contribution in [1.82, 2.24) is 0 Å². The third kappa shape index (κ3) is 4.31. The van der Waals surface area contributed by atoms with Gasteiger partial charge in [0.05, 0.1) is 12.0 Å². The van der Waals surface area contributed by atoms with Gasteiger partial charge in [-0.3, -0.25) is 10.1 Å². The number of hydrogen-bond donors (Lipinski definition) is 0. The van der Waals surface area contributed by atoms with Crippen molar-refractivity contribution >= 4 is 29.3 Å². The van der Waals surface area contributed by atoms with Crippen LogP contribution >= 0.6 is 11.6 Å². The van der Waals surface area contributed by atoms with Gasteiger partial charge in [-0.15, -0.1) is 0 Å². The number of rotatable bonds is 5. The van der Waals surface area contributed by atoms with E-state index in [1.165, 1.54) is 31.4 Å². The van der Waals surface area contributed by atoms with Crippen molar-refractivity contribution in [2.45, 2.75) is 0 Å². The van der Waals surface area contributed by atoms with Gasteiger partial charge in [-0.1, -0.05) is 35.9 Å². The zero-order valence-electron chi connectivity index (χ0n) is 12.1. The molecule has 2 rings (SSSR count). The number of esters is 1. The number of para-hydroxylation sites is 1. The van der Waals surface area contributed by atoms with E-state index in [4.69, 9.17) is 16.3 Å². The summed E-state index contributed by atoms with van der Waals surface area (Å²) in [7, 11) is 1.22. The molecule has 2 aromatic carbocycles. The van der Waals surface area contributed by atoms with E-state index in [1.807, 2.05) is 0 Å². The minimum Gasteiger partial charge on any atom is -0.463 e. The summed E-state index contributed by atoms with van der Waals surface area (Å²) in [6, 6.07) is 12.8. The molecule has 2 aromatic rings. The van der Waals surface area contributed by atoms with Crippen molar-refractivity contribution in [3.8, 4) is 5.75 Å². The third-order valence-electron chi connectivity index (χ3n) is 2.82. The van der Waals surface area contributed by atoms with Gasteiger partial charge in [-0.2, -0.15) is 0 Å². The Morgan fingerprint density at radius 2 is 1.91 bits per heavy atom. The van der Waals surface area contributed by atoms with Crippen molar-refractivity contribution in [3.05, 3.63) is 75.0 Å². The highest BCUT2D eigenvalue weighted by Gasteiger charge is 2.16. The summed E-state index contributed by atoms with van der Waals surface area (Å²) in [4.78, 5) is 22.1. The topological polar surface area (TPSA) is 78.7 Å². The molecule has 6 nitrogen and oxygen atoms in total. The number of nitro groups is 1. The Morgan fingerprint density at radius 3 is 2.52 bits per heavy atom. The summed E-state index contributed by atoms with van der Waals surface area (Å²) in [6.07, 6.45) is 1.35. The molecule has 0 spiro atoms. The zero-order valence-corrected chi connectivity index (χ0v) is 12.8. The van der Waals surface area contributed by atoms with Crippen LogP contribution in [0.25, 0.3) is 6.08 Å². The van der Waals surface area contributed by atoms with Crippen molar-refractivity contribution < 1.29 is 19.2 Å². The van der Waals surface area contributed by atoms with E-state index in [9.17, 15) is 14.9 Å². The number of hydrogen-bond acceptors (Lipinski definition) is 5. The summed E-state index contributed by atoms with van der Waals surface area (Å²) in [5, 5.41) is 10.9. The fourth-order valence-electron chi connectivity index (χ4n) is 1.76. The van der Waals surface area contributed by atoms with E-state index in [2.05, 4.69) is 4.74 Å². The molecule has 118 valence electrons. The molecule has 0 amide bonds. The molecule has 0 aromatic heterocycles. The standard InChI is InChI=1S/C16H12ClNO5/c1-22-16(19)15(23-12-5-3-2-4-6-12)10-11-7-8-13(17)14(9-11)18(20)21/h2-10H,1H3/b15-10+. The normalized spacial score (nSPS) is 11.0. The van der Waals surface area contributed by atoms with Crippen molar-refractivity contribution in [1.29, 1.82) is 0 Å². The number of ether oxygens (including phenoxy) is 2. The number of nitrogens with zero attached hydrogens (tertiary/aromatic N) is 1. The lowest BCUT2D eigenvalue weighted by atomic mass is 10.2. The first-order chi connectivity index (χ1) is 11.0. The fraction of sp³-hybridized carbons (Fsp3) is 0.0625. The molecule has 0 aliphatic rings. The van der Waals surface area contributed by atoms with Crippen LogP contribution in [0.1, 0.15) is 5.56 Å². The molecule has 0 saturated heterocycles. The highest BCUT2D eigenvalue weighted by atomic mass is 35.5. The molecule has 0 fully saturated rings. The molecule has 0 unspecified atom stereocenters. The van der Waals surface area contributed by atoms with Gasteiger partial charge in [0.15, 0.2) is 0 Å². The number of carbonyl (C=O) groups excluding carboxylic acids is 1. The van der Waals surface area contributed by atoms with Gasteiger partial charge in [0.1, 0.15) is 10.8 Å². The quantitative estimate of drug-likeness (QED) is 0.273. The Hall–Kier alpha value is -2.86. The molecule has 23 heavy (non-hydrogen) atoms. The van der Waals surface area contributed by atoms with Gasteiger partial charge in [-0.25, -0.2) is 4.79 Å². The van der Waals surface area contributed by atoms with Gasteiger partial charge in [0.2, 0.25) is 5.76 Å². The third-order valence-corrected chi connectivity index (χ3v) is 3.14. The summed E-state index contributed by atoms with van der Waals surface area (Å²) in [6.45, 7) is 0. The Labute approximate surface area is 137 Å². The van der Waals surface area contributed by atoms with Crippen LogP contribution in [0.15, 0.2) is 54.3 Å². The average molecular weight is 334 g/mol. The van der Waals surface area contributed by atoms with Crippen LogP contribution in [-0.2, 0) is 9.53 Å². The Balaban J connectivity index is 2.39. The summed E-state index contributed by atoms with van der Waals surface area (Å²) in [5.41, 5.74) is 0.127. The molecular formula is C16H12ClNO5. The molecule has 0 bridgehead atoms. The lowest BCUT2D eigenvalue weighted by Gasteiger charge is -2.08. The van der Waals surface area contributed by atoms with E-state index in [0.717, 1.165) is 0 Å². The summed E-state index contributed by atoms with van der Waals surface area (Å²) >= 11 is 5.76. The van der Waals surface area contributed by atoms with E-state index >= 15 is 0 Å². The molecule has 0 atom stereocenters. The largest absolute Gasteiger partial charge is 0.463 e. The van der Waals surface area contributed by atoms with Crippen molar-refractivity contribution in [2.75, 3.05) is 7.11 Å². The lowest BCUT2D eigenvalue weighted by Crippen LogP contribution is -2.10. The molecule has 0 aliphatic carbocycles.